The quantitative estimate of drug-likeness (QED) is 0.0793. The first kappa shape index (κ1) is 32.0. The summed E-state index contributed by atoms with van der Waals surface area (Å²) in [6.07, 6.45) is 0. The summed E-state index contributed by atoms with van der Waals surface area (Å²) in [4.78, 5) is 49.3. The van der Waals surface area contributed by atoms with Gasteiger partial charge in [-0.25, -0.2) is 14.4 Å². The Hall–Kier alpha value is -3.50. The summed E-state index contributed by atoms with van der Waals surface area (Å²) in [6.45, 7) is 5.70. The number of esters is 3. The Labute approximate surface area is 255 Å². The highest BCUT2D eigenvalue weighted by Crippen LogP contribution is 2.33. The zero-order valence-corrected chi connectivity index (χ0v) is 25.5. The van der Waals surface area contributed by atoms with Crippen LogP contribution in [0.4, 0.5) is 0 Å². The molecule has 2 aromatic heterocycles. The molecule has 41 heavy (non-hydrogen) atoms. The molecule has 0 radical (unpaired) electrons. The van der Waals surface area contributed by atoms with E-state index < -0.39 is 17.7 Å². The van der Waals surface area contributed by atoms with Crippen LogP contribution in [-0.2, 0) is 19.0 Å². The molecule has 4 aromatic rings. The minimum absolute atomic E-state index is 0.0110. The fraction of sp³-hybridized carbons (Fsp3) is 0.200. The summed E-state index contributed by atoms with van der Waals surface area (Å²) in [5.41, 5.74) is 2.49. The molecule has 0 fully saturated rings. The number of halogens is 2. The van der Waals surface area contributed by atoms with Crippen molar-refractivity contribution in [2.45, 2.75) is 20.8 Å². The van der Waals surface area contributed by atoms with Crippen molar-refractivity contribution in [3.05, 3.63) is 92.1 Å². The number of ketones is 1. The van der Waals surface area contributed by atoms with Gasteiger partial charge in [0.15, 0.2) is 0 Å². The van der Waals surface area contributed by atoms with Gasteiger partial charge in [0.2, 0.25) is 0 Å². The second kappa shape index (κ2) is 15.5. The molecule has 214 valence electrons. The van der Waals surface area contributed by atoms with Crippen LogP contribution in [0.25, 0.3) is 20.9 Å². The maximum absolute atomic E-state index is 12.3. The van der Waals surface area contributed by atoms with Crippen LogP contribution in [0, 0.1) is 0 Å². The molecule has 0 bridgehead atoms. The van der Waals surface area contributed by atoms with E-state index in [0.29, 0.717) is 27.1 Å². The van der Waals surface area contributed by atoms with E-state index in [2.05, 4.69) is 0 Å². The number of Topliss-reactive ketones (excluding diaryl/α,β-unsaturated/α-hetero) is 1. The smallest absolute Gasteiger partial charge is 0.380 e. The zero-order chi connectivity index (χ0) is 29.9. The molecule has 0 aliphatic rings. The number of thiophene rings is 2. The van der Waals surface area contributed by atoms with Crippen LogP contribution in [0.15, 0.2) is 66.0 Å². The van der Waals surface area contributed by atoms with Crippen LogP contribution >= 0.6 is 45.9 Å². The number of carbonyl (C=O) groups is 4. The lowest BCUT2D eigenvalue weighted by Crippen LogP contribution is -2.19. The standard InChI is InChI=1S/C17H15ClO5S.C13H11ClO2S/c1-3-22-16(20)12-9-13(10-5-7-11(18)8-6-10)24-15(12)14(19)17(21)23-4-2;1-2-16-13(15)10-7-12(17-8-10)9-3-5-11(14)6-4-9/h5-9H,3-4H2,1-2H3;3-8H,2H2,1H3. The number of rotatable bonds is 9. The molecule has 4 rings (SSSR count). The Bertz CT molecular complexity index is 1510. The van der Waals surface area contributed by atoms with Gasteiger partial charge in [0, 0.05) is 25.2 Å². The summed E-state index contributed by atoms with van der Waals surface area (Å²) in [6, 6.07) is 17.8. The SMILES string of the molecule is CCOC(=O)C(=O)c1sc(-c2ccc(Cl)cc2)cc1C(=O)OCC.CCOC(=O)c1csc(-c2ccc(Cl)cc2)c1. The van der Waals surface area contributed by atoms with Gasteiger partial charge >= 0.3 is 17.9 Å². The fourth-order valence-electron chi connectivity index (χ4n) is 3.39. The molecule has 2 heterocycles. The molecular formula is C30H26Cl2O7S2. The van der Waals surface area contributed by atoms with E-state index >= 15 is 0 Å². The number of hydrogen-bond acceptors (Lipinski definition) is 9. The van der Waals surface area contributed by atoms with Crippen molar-refractivity contribution in [3.63, 3.8) is 0 Å². The Morgan fingerprint density at radius 3 is 1.73 bits per heavy atom. The van der Waals surface area contributed by atoms with Crippen molar-refractivity contribution in [2.24, 2.45) is 0 Å². The largest absolute Gasteiger partial charge is 0.462 e. The third kappa shape index (κ3) is 8.74. The first-order valence-corrected chi connectivity index (χ1v) is 14.9. The fourth-order valence-corrected chi connectivity index (χ4v) is 5.61. The zero-order valence-electron chi connectivity index (χ0n) is 22.4. The van der Waals surface area contributed by atoms with Gasteiger partial charge in [-0.1, -0.05) is 47.5 Å². The highest BCUT2D eigenvalue weighted by atomic mass is 35.5. The van der Waals surface area contributed by atoms with Crippen molar-refractivity contribution < 1.29 is 33.4 Å². The van der Waals surface area contributed by atoms with Crippen LogP contribution in [-0.4, -0.2) is 43.5 Å². The third-order valence-electron chi connectivity index (χ3n) is 5.26. The number of ether oxygens (including phenoxy) is 3. The van der Waals surface area contributed by atoms with Crippen LogP contribution in [0.2, 0.25) is 10.0 Å². The monoisotopic (exact) mass is 632 g/mol. The van der Waals surface area contributed by atoms with Gasteiger partial charge < -0.3 is 14.2 Å². The van der Waals surface area contributed by atoms with Gasteiger partial charge in [-0.15, -0.1) is 22.7 Å². The molecule has 7 nitrogen and oxygen atoms in total. The van der Waals surface area contributed by atoms with E-state index in [4.69, 9.17) is 37.4 Å². The van der Waals surface area contributed by atoms with Crippen molar-refractivity contribution >= 4 is 69.6 Å². The molecule has 0 N–H and O–H groups in total. The minimum atomic E-state index is -0.993. The Kier molecular flexibility index (Phi) is 12.1. The van der Waals surface area contributed by atoms with E-state index in [1.54, 1.807) is 51.1 Å². The van der Waals surface area contributed by atoms with Crippen molar-refractivity contribution in [3.8, 4) is 20.9 Å². The molecular weight excluding hydrogens is 607 g/mol. The Morgan fingerprint density at radius 2 is 1.20 bits per heavy atom. The molecule has 0 unspecified atom stereocenters. The molecule has 0 amide bonds. The second-order valence-electron chi connectivity index (χ2n) is 8.06. The topological polar surface area (TPSA) is 96.0 Å². The van der Waals surface area contributed by atoms with Crippen LogP contribution in [0.1, 0.15) is 51.2 Å². The van der Waals surface area contributed by atoms with E-state index in [0.717, 1.165) is 27.3 Å². The third-order valence-corrected chi connectivity index (χ3v) is 7.93. The lowest BCUT2D eigenvalue weighted by atomic mass is 10.1. The van der Waals surface area contributed by atoms with E-state index in [9.17, 15) is 19.2 Å². The van der Waals surface area contributed by atoms with Crippen molar-refractivity contribution in [1.82, 2.24) is 0 Å². The summed E-state index contributed by atoms with van der Waals surface area (Å²) >= 11 is 14.3. The summed E-state index contributed by atoms with van der Waals surface area (Å²) in [5.74, 6) is -2.77. The van der Waals surface area contributed by atoms with Crippen molar-refractivity contribution in [2.75, 3.05) is 19.8 Å². The van der Waals surface area contributed by atoms with Crippen LogP contribution in [0.3, 0.4) is 0 Å². The Balaban J connectivity index is 0.000000239. The minimum Gasteiger partial charge on any atom is -0.462 e. The molecule has 0 saturated carbocycles. The highest BCUT2D eigenvalue weighted by Gasteiger charge is 2.28. The summed E-state index contributed by atoms with van der Waals surface area (Å²) in [5, 5.41) is 3.08. The molecule has 0 spiro atoms. The first-order chi connectivity index (χ1) is 19.7. The maximum atomic E-state index is 12.3. The molecule has 0 atom stereocenters. The Morgan fingerprint density at radius 1 is 0.683 bits per heavy atom. The van der Waals surface area contributed by atoms with Crippen molar-refractivity contribution in [1.29, 1.82) is 0 Å². The lowest BCUT2D eigenvalue weighted by molar-refractivity contribution is -0.137. The van der Waals surface area contributed by atoms with E-state index in [1.807, 2.05) is 35.7 Å². The highest BCUT2D eigenvalue weighted by molar-refractivity contribution is 7.18. The van der Waals surface area contributed by atoms with Gasteiger partial charge in [0.1, 0.15) is 0 Å². The second-order valence-corrected chi connectivity index (χ2v) is 10.9. The van der Waals surface area contributed by atoms with Crippen LogP contribution < -0.4 is 0 Å². The lowest BCUT2D eigenvalue weighted by Gasteiger charge is -2.02. The molecule has 2 aromatic carbocycles. The van der Waals surface area contributed by atoms with E-state index in [1.165, 1.54) is 11.3 Å². The van der Waals surface area contributed by atoms with Gasteiger partial charge in [-0.2, -0.15) is 0 Å². The first-order valence-electron chi connectivity index (χ1n) is 12.5. The van der Waals surface area contributed by atoms with E-state index in [-0.39, 0.29) is 29.6 Å². The van der Waals surface area contributed by atoms with Crippen LogP contribution in [0.5, 0.6) is 0 Å². The normalized spacial score (nSPS) is 10.3. The predicted molar refractivity (Wildman–Crippen MR) is 162 cm³/mol. The summed E-state index contributed by atoms with van der Waals surface area (Å²) in [7, 11) is 0. The van der Waals surface area contributed by atoms with Gasteiger partial charge in [0.25, 0.3) is 5.78 Å². The molecule has 11 heteroatoms. The van der Waals surface area contributed by atoms with Gasteiger partial charge in [-0.3, -0.25) is 4.79 Å². The predicted octanol–water partition coefficient (Wildman–Crippen LogP) is 8.24. The average molecular weight is 634 g/mol. The van der Waals surface area contributed by atoms with Gasteiger partial charge in [-0.05, 0) is 68.3 Å². The van der Waals surface area contributed by atoms with Gasteiger partial charge in [0.05, 0.1) is 35.8 Å². The maximum Gasteiger partial charge on any atom is 0.380 e. The average Bonchev–Trinajstić information content (AvgIpc) is 3.63. The molecule has 0 aliphatic carbocycles. The summed E-state index contributed by atoms with van der Waals surface area (Å²) < 4.78 is 14.6. The molecule has 0 saturated heterocycles. The number of carbonyl (C=O) groups excluding carboxylic acids is 4. The number of hydrogen-bond donors (Lipinski definition) is 0. The molecule has 0 aliphatic heterocycles. The number of benzene rings is 2.